The molecular weight excluding hydrogens is 402 g/mol. The Morgan fingerprint density at radius 1 is 1.30 bits per heavy atom. The number of thiophene rings is 1. The average molecular weight is 423 g/mol. The smallest absolute Gasteiger partial charge is 0.352 e. The third-order valence-corrected chi connectivity index (χ3v) is 6.55. The number of fused-ring (bicyclic) bond motifs is 5. The molecule has 1 aliphatic rings. The van der Waals surface area contributed by atoms with Crippen LogP contribution in [0.1, 0.15) is 35.7 Å². The van der Waals surface area contributed by atoms with Gasteiger partial charge in [-0.25, -0.2) is 9.78 Å². The van der Waals surface area contributed by atoms with Crippen LogP contribution in [0, 0.1) is 0 Å². The van der Waals surface area contributed by atoms with E-state index in [2.05, 4.69) is 5.10 Å². The Morgan fingerprint density at radius 3 is 2.80 bits per heavy atom. The molecule has 0 bridgehead atoms. The predicted molar refractivity (Wildman–Crippen MR) is 114 cm³/mol. The fourth-order valence-electron chi connectivity index (χ4n) is 3.96. The average Bonchev–Trinajstić information content (AvgIpc) is 3.26. The van der Waals surface area contributed by atoms with Crippen molar-refractivity contribution >= 4 is 33.1 Å². The monoisotopic (exact) mass is 423 g/mol. The second kappa shape index (κ2) is 6.75. The molecule has 0 unspecified atom stereocenters. The van der Waals surface area contributed by atoms with Crippen LogP contribution in [0.2, 0.25) is 0 Å². The number of nitrogens with two attached hydrogens (primary N) is 1. The molecule has 1 aromatic carbocycles. The van der Waals surface area contributed by atoms with Gasteiger partial charge < -0.3 is 10.5 Å². The van der Waals surface area contributed by atoms with E-state index in [1.165, 1.54) is 20.4 Å². The molecule has 0 fully saturated rings. The molecule has 1 aliphatic heterocycles. The highest BCUT2D eigenvalue weighted by Crippen LogP contribution is 2.39. The van der Waals surface area contributed by atoms with E-state index in [1.54, 1.807) is 0 Å². The Kier molecular flexibility index (Phi) is 4.26. The van der Waals surface area contributed by atoms with E-state index < -0.39 is 11.6 Å². The molecule has 8 nitrogen and oxygen atoms in total. The minimum atomic E-state index is -0.578. The molecule has 0 aliphatic carbocycles. The Morgan fingerprint density at radius 2 is 2.07 bits per heavy atom. The molecule has 0 atom stereocenters. The van der Waals surface area contributed by atoms with Crippen molar-refractivity contribution in [3.63, 3.8) is 0 Å². The first kappa shape index (κ1) is 19.0. The summed E-state index contributed by atoms with van der Waals surface area (Å²) in [6.07, 6.45) is 1.20. The van der Waals surface area contributed by atoms with Crippen molar-refractivity contribution in [2.45, 2.75) is 45.4 Å². The number of hydrogen-bond donors (Lipinski definition) is 1. The number of carbonyl (C=O) groups excluding carboxylic acids is 1. The quantitative estimate of drug-likeness (QED) is 0.541. The number of hydrogen-bond acceptors (Lipinski definition) is 6. The molecule has 0 spiro atoms. The van der Waals surface area contributed by atoms with Gasteiger partial charge in [0, 0.05) is 17.7 Å². The first-order chi connectivity index (χ1) is 14.3. The van der Waals surface area contributed by atoms with Crippen molar-refractivity contribution in [3.05, 3.63) is 62.6 Å². The molecule has 0 saturated heterocycles. The van der Waals surface area contributed by atoms with Crippen molar-refractivity contribution in [2.24, 2.45) is 5.73 Å². The molecule has 4 aromatic rings. The highest BCUT2D eigenvalue weighted by Gasteiger charge is 2.32. The summed E-state index contributed by atoms with van der Waals surface area (Å²) in [5.74, 6) is -0.0204. The van der Waals surface area contributed by atoms with Crippen LogP contribution in [0.4, 0.5) is 0 Å². The molecule has 0 saturated carbocycles. The fourth-order valence-corrected chi connectivity index (χ4v) is 5.18. The van der Waals surface area contributed by atoms with Crippen LogP contribution in [-0.2, 0) is 35.5 Å². The summed E-state index contributed by atoms with van der Waals surface area (Å²) in [6.45, 7) is 4.34. The van der Waals surface area contributed by atoms with E-state index in [-0.39, 0.29) is 12.1 Å². The van der Waals surface area contributed by atoms with E-state index in [9.17, 15) is 9.59 Å². The molecule has 154 valence electrons. The highest BCUT2D eigenvalue weighted by molar-refractivity contribution is 7.19. The maximum atomic E-state index is 13.2. The molecule has 2 N–H and O–H groups in total. The lowest BCUT2D eigenvalue weighted by Crippen LogP contribution is -2.33. The lowest BCUT2D eigenvalue weighted by Gasteiger charge is -2.30. The Bertz CT molecular complexity index is 1350. The molecule has 5 rings (SSSR count). The number of amides is 1. The number of nitrogens with zero attached hydrogens (tertiary/aromatic N) is 4. The van der Waals surface area contributed by atoms with Crippen molar-refractivity contribution < 1.29 is 9.53 Å². The van der Waals surface area contributed by atoms with Gasteiger partial charge >= 0.3 is 5.69 Å². The first-order valence-corrected chi connectivity index (χ1v) is 10.5. The minimum Gasteiger partial charge on any atom is -0.370 e. The van der Waals surface area contributed by atoms with Gasteiger partial charge in [0.05, 0.1) is 17.6 Å². The summed E-state index contributed by atoms with van der Waals surface area (Å²) in [5.41, 5.74) is 7.39. The largest absolute Gasteiger partial charge is 0.370 e. The summed E-state index contributed by atoms with van der Waals surface area (Å²) in [6, 6.07) is 9.87. The lowest BCUT2D eigenvalue weighted by atomic mass is 9.94. The molecule has 9 heteroatoms. The van der Waals surface area contributed by atoms with Crippen molar-refractivity contribution in [3.8, 4) is 0 Å². The third-order valence-electron chi connectivity index (χ3n) is 5.32. The van der Waals surface area contributed by atoms with Gasteiger partial charge in [0.1, 0.15) is 11.4 Å². The lowest BCUT2D eigenvalue weighted by molar-refractivity contribution is -0.118. The van der Waals surface area contributed by atoms with Crippen LogP contribution in [-0.4, -0.2) is 30.7 Å². The Labute approximate surface area is 175 Å². The van der Waals surface area contributed by atoms with Crippen molar-refractivity contribution in [1.29, 1.82) is 0 Å². The van der Waals surface area contributed by atoms with Crippen LogP contribution in [0.15, 0.2) is 35.1 Å². The maximum Gasteiger partial charge on any atom is 0.352 e. The first-order valence-electron chi connectivity index (χ1n) is 9.71. The summed E-state index contributed by atoms with van der Waals surface area (Å²) in [7, 11) is 0. The van der Waals surface area contributed by atoms with Crippen LogP contribution >= 0.6 is 11.3 Å². The summed E-state index contributed by atoms with van der Waals surface area (Å²) in [5, 5.41) is 5.34. The Balaban J connectivity index is 1.78. The van der Waals surface area contributed by atoms with Gasteiger partial charge in [0.15, 0.2) is 11.5 Å². The second-order valence-corrected chi connectivity index (χ2v) is 9.25. The fraction of sp³-hybridized carbons (Fsp3) is 0.333. The summed E-state index contributed by atoms with van der Waals surface area (Å²) >= 11 is 1.46. The molecule has 3 aromatic heterocycles. The van der Waals surface area contributed by atoms with Crippen LogP contribution in [0.25, 0.3) is 15.9 Å². The van der Waals surface area contributed by atoms with Crippen molar-refractivity contribution in [1.82, 2.24) is 19.2 Å². The predicted octanol–water partition coefficient (Wildman–Crippen LogP) is 2.03. The van der Waals surface area contributed by atoms with Gasteiger partial charge in [-0.1, -0.05) is 30.3 Å². The number of ether oxygens (including phenoxy) is 1. The summed E-state index contributed by atoms with van der Waals surface area (Å²) in [4.78, 5) is 31.3. The van der Waals surface area contributed by atoms with Gasteiger partial charge in [-0.05, 0) is 25.0 Å². The topological polar surface area (TPSA) is 105 Å². The zero-order valence-corrected chi connectivity index (χ0v) is 17.5. The molecule has 4 heterocycles. The molecule has 0 radical (unpaired) electrons. The van der Waals surface area contributed by atoms with E-state index in [0.717, 1.165) is 21.4 Å². The van der Waals surface area contributed by atoms with Gasteiger partial charge in [-0.2, -0.15) is 4.52 Å². The van der Waals surface area contributed by atoms with Gasteiger partial charge in [0.25, 0.3) is 0 Å². The van der Waals surface area contributed by atoms with Gasteiger partial charge in [-0.3, -0.25) is 9.36 Å². The normalized spacial score (nSPS) is 15.5. The zero-order valence-electron chi connectivity index (χ0n) is 16.7. The van der Waals surface area contributed by atoms with E-state index in [1.807, 2.05) is 44.2 Å². The van der Waals surface area contributed by atoms with Crippen LogP contribution in [0.5, 0.6) is 0 Å². The van der Waals surface area contributed by atoms with Crippen LogP contribution in [0.3, 0.4) is 0 Å². The maximum absolute atomic E-state index is 13.2. The van der Waals surface area contributed by atoms with E-state index in [0.29, 0.717) is 35.8 Å². The van der Waals surface area contributed by atoms with E-state index >= 15 is 0 Å². The summed E-state index contributed by atoms with van der Waals surface area (Å²) < 4.78 is 8.67. The zero-order chi connectivity index (χ0) is 21.0. The van der Waals surface area contributed by atoms with Crippen LogP contribution < -0.4 is 11.4 Å². The number of rotatable bonds is 4. The number of aromatic nitrogens is 4. The second-order valence-electron chi connectivity index (χ2n) is 8.17. The van der Waals surface area contributed by atoms with Gasteiger partial charge in [0.2, 0.25) is 5.91 Å². The molecule has 30 heavy (non-hydrogen) atoms. The van der Waals surface area contributed by atoms with Crippen molar-refractivity contribution in [2.75, 3.05) is 0 Å². The number of primary amides is 1. The standard InChI is InChI=1S/C21H21N5O3S/c1-21(2)9-13-14(11-29-21)30-19-17(13)18-23-16(8-12-6-4-3-5-7-12)24-26(18)20(28)25(19)10-15(22)27/h3-7H,8-11H2,1-2H3,(H2,22,27). The van der Waals surface area contributed by atoms with E-state index in [4.69, 9.17) is 15.5 Å². The number of benzene rings is 1. The Hall–Kier alpha value is -3.04. The minimum absolute atomic E-state index is 0.206. The number of carbonyl (C=O) groups is 1. The SMILES string of the molecule is CC1(C)Cc2c(sc3c2c2nc(Cc4ccccc4)nn2c(=O)n3CC(N)=O)CO1. The highest BCUT2D eigenvalue weighted by atomic mass is 32.1. The third kappa shape index (κ3) is 3.10. The molecular formula is C21H21N5O3S. The van der Waals surface area contributed by atoms with Gasteiger partial charge in [-0.15, -0.1) is 16.4 Å². The molecule has 1 amide bonds.